The Hall–Kier alpha value is -6.42. The fourth-order valence-corrected chi connectivity index (χ4v) is 9.25. The Morgan fingerprint density at radius 1 is 0.392 bits per heavy atom. The summed E-state index contributed by atoms with van der Waals surface area (Å²) in [6.07, 6.45) is 0. The number of hydrogen-bond donors (Lipinski definition) is 0. The summed E-state index contributed by atoms with van der Waals surface area (Å²) in [5.74, 6) is 0. The van der Waals surface area contributed by atoms with Crippen molar-refractivity contribution in [1.82, 2.24) is 4.57 Å². The zero-order valence-corrected chi connectivity index (χ0v) is 28.3. The number of fused-ring (bicyclic) bond motifs is 9. The molecule has 11 aromatic rings. The second kappa shape index (κ2) is 11.0. The molecule has 0 amide bonds. The van der Waals surface area contributed by atoms with Crippen LogP contribution < -0.4 is 0 Å². The van der Waals surface area contributed by atoms with E-state index in [1.807, 2.05) is 17.4 Å². The summed E-state index contributed by atoms with van der Waals surface area (Å²) in [7, 11) is 0. The lowest BCUT2D eigenvalue weighted by Gasteiger charge is -2.11. The van der Waals surface area contributed by atoms with E-state index in [4.69, 9.17) is 4.42 Å². The quantitative estimate of drug-likeness (QED) is 0.183. The molecule has 8 aromatic carbocycles. The van der Waals surface area contributed by atoms with Gasteiger partial charge in [-0.3, -0.25) is 0 Å². The van der Waals surface area contributed by atoms with E-state index in [1.54, 1.807) is 0 Å². The minimum atomic E-state index is 0.921. The van der Waals surface area contributed by atoms with E-state index in [2.05, 4.69) is 174 Å². The molecule has 0 N–H and O–H groups in total. The standard InChI is InChI=1S/C48H29NOS/c1-3-11-30(12-4-1)32-21-24-36-37-25-22-33(31-13-5-2-6-14-31)28-44(37)49(43(36)27-32)42-19-10-18-41-39-26-23-34(29-46(39)51-48(41)42)35-16-9-17-40-38-15-7-8-20-45(38)50-47(35)40/h1-29H. The number of nitrogens with zero attached hydrogens (tertiary/aromatic N) is 1. The molecule has 238 valence electrons. The molecule has 0 atom stereocenters. The van der Waals surface area contributed by atoms with E-state index < -0.39 is 0 Å². The molecule has 0 aliphatic rings. The van der Waals surface area contributed by atoms with Crippen LogP contribution in [0.2, 0.25) is 0 Å². The molecule has 0 aliphatic heterocycles. The maximum Gasteiger partial charge on any atom is 0.143 e. The van der Waals surface area contributed by atoms with Crippen molar-refractivity contribution in [3.05, 3.63) is 176 Å². The summed E-state index contributed by atoms with van der Waals surface area (Å²) in [6.45, 7) is 0. The molecule has 0 aliphatic carbocycles. The van der Waals surface area contributed by atoms with E-state index in [0.717, 1.165) is 33.1 Å². The second-order valence-electron chi connectivity index (χ2n) is 13.3. The summed E-state index contributed by atoms with van der Waals surface area (Å²) in [6, 6.07) is 63.7. The van der Waals surface area contributed by atoms with Crippen LogP contribution in [0.15, 0.2) is 180 Å². The van der Waals surface area contributed by atoms with Gasteiger partial charge in [-0.2, -0.15) is 0 Å². The molecule has 0 fully saturated rings. The Morgan fingerprint density at radius 3 is 1.71 bits per heavy atom. The third-order valence-corrected chi connectivity index (χ3v) is 11.6. The molecule has 0 spiro atoms. The molecule has 0 unspecified atom stereocenters. The summed E-state index contributed by atoms with van der Waals surface area (Å²) in [5, 5.41) is 7.35. The number of benzene rings is 8. The normalized spacial score (nSPS) is 11.9. The van der Waals surface area contributed by atoms with Crippen molar-refractivity contribution >= 4 is 75.3 Å². The van der Waals surface area contributed by atoms with Crippen molar-refractivity contribution in [2.75, 3.05) is 0 Å². The third-order valence-electron chi connectivity index (χ3n) is 10.4. The van der Waals surface area contributed by atoms with Gasteiger partial charge in [0, 0.05) is 42.6 Å². The number of aromatic nitrogens is 1. The Kier molecular flexibility index (Phi) is 6.16. The smallest absolute Gasteiger partial charge is 0.143 e. The number of thiophene rings is 1. The Morgan fingerprint density at radius 2 is 0.980 bits per heavy atom. The molecule has 3 aromatic heterocycles. The number of rotatable bonds is 4. The number of para-hydroxylation sites is 2. The topological polar surface area (TPSA) is 18.1 Å². The Balaban J connectivity index is 1.16. The van der Waals surface area contributed by atoms with Crippen LogP contribution in [0.5, 0.6) is 0 Å². The lowest BCUT2D eigenvalue weighted by Crippen LogP contribution is -1.94. The van der Waals surface area contributed by atoms with Gasteiger partial charge in [0.2, 0.25) is 0 Å². The molecule has 11 rings (SSSR count). The van der Waals surface area contributed by atoms with Gasteiger partial charge in [-0.05, 0) is 58.1 Å². The number of furan rings is 1. The first kappa shape index (κ1) is 28.4. The van der Waals surface area contributed by atoms with Gasteiger partial charge in [0.1, 0.15) is 11.2 Å². The van der Waals surface area contributed by atoms with Crippen LogP contribution >= 0.6 is 11.3 Å². The first-order valence-corrected chi connectivity index (χ1v) is 18.2. The minimum absolute atomic E-state index is 0.921. The molecule has 0 bridgehead atoms. The summed E-state index contributed by atoms with van der Waals surface area (Å²) < 4.78 is 11.5. The molecular weight excluding hydrogens is 639 g/mol. The first-order chi connectivity index (χ1) is 25.3. The highest BCUT2D eigenvalue weighted by Crippen LogP contribution is 2.44. The predicted octanol–water partition coefficient (Wildman–Crippen LogP) is 14.1. The average molecular weight is 668 g/mol. The lowest BCUT2D eigenvalue weighted by molar-refractivity contribution is 0.670. The molecule has 0 saturated heterocycles. The van der Waals surface area contributed by atoms with Gasteiger partial charge in [-0.15, -0.1) is 11.3 Å². The van der Waals surface area contributed by atoms with Crippen LogP contribution in [-0.2, 0) is 0 Å². The van der Waals surface area contributed by atoms with Crippen LogP contribution in [0.3, 0.4) is 0 Å². The predicted molar refractivity (Wildman–Crippen MR) is 217 cm³/mol. The highest BCUT2D eigenvalue weighted by molar-refractivity contribution is 7.26. The van der Waals surface area contributed by atoms with Crippen LogP contribution in [-0.4, -0.2) is 4.57 Å². The monoisotopic (exact) mass is 667 g/mol. The van der Waals surface area contributed by atoms with Crippen molar-refractivity contribution in [1.29, 1.82) is 0 Å². The molecule has 3 heterocycles. The number of hydrogen-bond acceptors (Lipinski definition) is 2. The maximum atomic E-state index is 6.44. The van der Waals surface area contributed by atoms with Crippen molar-refractivity contribution in [2.45, 2.75) is 0 Å². The van der Waals surface area contributed by atoms with Crippen LogP contribution in [0, 0.1) is 0 Å². The maximum absolute atomic E-state index is 6.44. The fraction of sp³-hybridized carbons (Fsp3) is 0. The molecule has 3 heteroatoms. The van der Waals surface area contributed by atoms with Gasteiger partial charge in [0.05, 0.1) is 21.4 Å². The average Bonchev–Trinajstić information content (AvgIpc) is 3.87. The first-order valence-electron chi connectivity index (χ1n) is 17.3. The van der Waals surface area contributed by atoms with Crippen LogP contribution in [0.1, 0.15) is 0 Å². The summed E-state index contributed by atoms with van der Waals surface area (Å²) >= 11 is 1.87. The molecule has 0 saturated carbocycles. The fourth-order valence-electron chi connectivity index (χ4n) is 8.00. The van der Waals surface area contributed by atoms with Crippen LogP contribution in [0.25, 0.3) is 103 Å². The van der Waals surface area contributed by atoms with Crippen LogP contribution in [0.4, 0.5) is 0 Å². The largest absolute Gasteiger partial charge is 0.455 e. The molecule has 2 nitrogen and oxygen atoms in total. The minimum Gasteiger partial charge on any atom is -0.455 e. The van der Waals surface area contributed by atoms with E-state index in [-0.39, 0.29) is 0 Å². The van der Waals surface area contributed by atoms with E-state index in [9.17, 15) is 0 Å². The zero-order valence-electron chi connectivity index (χ0n) is 27.5. The van der Waals surface area contributed by atoms with Gasteiger partial charge >= 0.3 is 0 Å². The molecular formula is C48H29NOS. The summed E-state index contributed by atoms with van der Waals surface area (Å²) in [5.41, 5.74) is 12.6. The molecule has 51 heavy (non-hydrogen) atoms. The van der Waals surface area contributed by atoms with E-state index >= 15 is 0 Å². The van der Waals surface area contributed by atoms with Gasteiger partial charge in [-0.25, -0.2) is 0 Å². The SMILES string of the molecule is c1ccc(-c2ccc3c4ccc(-c5ccccc5)cc4n(-c4cccc5c4sc4cc(-c6cccc7c6oc6ccccc67)ccc45)c3c2)cc1. The van der Waals surface area contributed by atoms with Gasteiger partial charge in [0.15, 0.2) is 0 Å². The van der Waals surface area contributed by atoms with Crippen molar-refractivity contribution in [2.24, 2.45) is 0 Å². The second-order valence-corrected chi connectivity index (χ2v) is 14.3. The van der Waals surface area contributed by atoms with Crippen molar-refractivity contribution in [3.8, 4) is 39.1 Å². The van der Waals surface area contributed by atoms with Gasteiger partial charge in [-0.1, -0.05) is 146 Å². The van der Waals surface area contributed by atoms with Gasteiger partial charge in [0.25, 0.3) is 0 Å². The highest BCUT2D eigenvalue weighted by atomic mass is 32.1. The van der Waals surface area contributed by atoms with E-state index in [0.29, 0.717) is 0 Å². The Bertz CT molecular complexity index is 3030. The molecule has 0 radical (unpaired) electrons. The Labute approximate surface area is 298 Å². The van der Waals surface area contributed by atoms with Gasteiger partial charge < -0.3 is 8.98 Å². The van der Waals surface area contributed by atoms with E-state index in [1.165, 1.54) is 69.9 Å². The third kappa shape index (κ3) is 4.35. The lowest BCUT2D eigenvalue weighted by atomic mass is 10.0. The highest BCUT2D eigenvalue weighted by Gasteiger charge is 2.19. The summed E-state index contributed by atoms with van der Waals surface area (Å²) in [4.78, 5) is 0. The van der Waals surface area contributed by atoms with Crippen molar-refractivity contribution in [3.63, 3.8) is 0 Å². The zero-order chi connectivity index (χ0) is 33.5. The van der Waals surface area contributed by atoms with Crippen molar-refractivity contribution < 1.29 is 4.42 Å².